The van der Waals surface area contributed by atoms with Crippen LogP contribution < -0.4 is 0 Å². The van der Waals surface area contributed by atoms with E-state index in [-0.39, 0.29) is 0 Å². The predicted octanol–water partition coefficient (Wildman–Crippen LogP) is 17.1. The molecule has 0 aliphatic carbocycles. The summed E-state index contributed by atoms with van der Waals surface area (Å²) in [5, 5.41) is 17.7. The number of benzene rings is 11. The van der Waals surface area contributed by atoms with Gasteiger partial charge in [0.2, 0.25) is 0 Å². The zero-order valence-corrected chi connectivity index (χ0v) is 36.4. The van der Waals surface area contributed by atoms with E-state index in [2.05, 4.69) is 231 Å². The van der Waals surface area contributed by atoms with Crippen molar-refractivity contribution < 1.29 is 0 Å². The van der Waals surface area contributed by atoms with Gasteiger partial charge in [-0.2, -0.15) is 0 Å². The quantitative estimate of drug-likeness (QED) is 0.124. The van der Waals surface area contributed by atoms with Gasteiger partial charge < -0.3 is 9.13 Å². The number of rotatable bonds is 4. The monoisotopic (exact) mass is 816 g/mol. The maximum Gasteiger partial charge on any atom is 0.0543 e. The first-order valence-corrected chi connectivity index (χ1v) is 22.4. The second-order valence-electron chi connectivity index (χ2n) is 17.7. The Hall–Kier alpha value is -7.94. The zero-order chi connectivity index (χ0) is 42.8. The first-order valence-electron chi connectivity index (χ1n) is 22.4. The highest BCUT2D eigenvalue weighted by atomic mass is 15.0. The van der Waals surface area contributed by atoms with Crippen molar-refractivity contribution in [1.82, 2.24) is 9.13 Å². The molecule has 2 nitrogen and oxygen atoms in total. The lowest BCUT2D eigenvalue weighted by atomic mass is 9.84. The molecule has 0 aliphatic rings. The average molecular weight is 817 g/mol. The number of aryl methyl sites for hydroxylation is 2. The van der Waals surface area contributed by atoms with Gasteiger partial charge >= 0.3 is 0 Å². The first kappa shape index (κ1) is 36.7. The molecule has 0 saturated heterocycles. The predicted molar refractivity (Wildman–Crippen MR) is 275 cm³/mol. The maximum atomic E-state index is 2.53. The minimum absolute atomic E-state index is 1.21. The smallest absolute Gasteiger partial charge is 0.0543 e. The summed E-state index contributed by atoms with van der Waals surface area (Å²) in [5.41, 5.74) is 14.9. The molecule has 0 aliphatic heterocycles. The molecule has 2 heterocycles. The van der Waals surface area contributed by atoms with E-state index >= 15 is 0 Å². The molecular formula is C62H44N2. The third kappa shape index (κ3) is 5.14. The molecule has 2 heteroatoms. The van der Waals surface area contributed by atoms with Crippen molar-refractivity contribution in [1.29, 1.82) is 0 Å². The maximum absolute atomic E-state index is 2.53. The Morgan fingerprint density at radius 2 is 0.594 bits per heavy atom. The zero-order valence-electron chi connectivity index (χ0n) is 36.4. The highest BCUT2D eigenvalue weighted by Crippen LogP contribution is 2.49. The number of hydrogen-bond donors (Lipinski definition) is 0. The molecular weight excluding hydrogens is 773 g/mol. The molecule has 0 fully saturated rings. The fourth-order valence-corrected chi connectivity index (χ4v) is 11.2. The van der Waals surface area contributed by atoms with Crippen molar-refractivity contribution in [3.05, 3.63) is 217 Å². The van der Waals surface area contributed by atoms with E-state index in [1.807, 2.05) is 0 Å². The Morgan fingerprint density at radius 1 is 0.266 bits per heavy atom. The topological polar surface area (TPSA) is 9.86 Å². The first-order chi connectivity index (χ1) is 31.4. The molecule has 0 N–H and O–H groups in total. The number of hydrogen-bond acceptors (Lipinski definition) is 0. The van der Waals surface area contributed by atoms with Crippen LogP contribution in [0, 0.1) is 27.7 Å². The number of nitrogens with zero attached hydrogens (tertiary/aromatic N) is 2. The van der Waals surface area contributed by atoms with Gasteiger partial charge in [0.15, 0.2) is 0 Å². The molecule has 302 valence electrons. The normalized spacial score (nSPS) is 12.1. The van der Waals surface area contributed by atoms with Crippen LogP contribution in [-0.4, -0.2) is 9.13 Å². The van der Waals surface area contributed by atoms with Crippen LogP contribution in [0.4, 0.5) is 0 Å². The van der Waals surface area contributed by atoms with E-state index in [0.717, 1.165) is 0 Å². The van der Waals surface area contributed by atoms with Crippen molar-refractivity contribution in [3.8, 4) is 33.6 Å². The van der Waals surface area contributed by atoms with Crippen molar-refractivity contribution in [2.75, 3.05) is 0 Å². The molecule has 0 bridgehead atoms. The van der Waals surface area contributed by atoms with Gasteiger partial charge in [0.25, 0.3) is 0 Å². The Bertz CT molecular complexity index is 3820. The Morgan fingerprint density at radius 3 is 1.00 bits per heavy atom. The second kappa shape index (κ2) is 13.8. The molecule has 13 aromatic rings. The van der Waals surface area contributed by atoms with Crippen LogP contribution in [0.2, 0.25) is 0 Å². The summed E-state index contributed by atoms with van der Waals surface area (Å²) in [7, 11) is 0. The number of fused-ring (bicyclic) bond motifs is 10. The third-order valence-electron chi connectivity index (χ3n) is 14.5. The highest BCUT2D eigenvalue weighted by molar-refractivity contribution is 6.26. The second-order valence-corrected chi connectivity index (χ2v) is 17.7. The summed E-state index contributed by atoms with van der Waals surface area (Å²) in [6.45, 7) is 9.20. The fraction of sp³-hybridized carbons (Fsp3) is 0.0645. The molecule has 0 spiro atoms. The molecule has 13 rings (SSSR count). The summed E-state index contributed by atoms with van der Waals surface area (Å²) in [6, 6.07) is 72.4. The van der Waals surface area contributed by atoms with Crippen LogP contribution in [0.3, 0.4) is 0 Å². The minimum Gasteiger partial charge on any atom is -0.313 e. The summed E-state index contributed by atoms with van der Waals surface area (Å²) in [4.78, 5) is 0. The molecule has 2 aromatic heterocycles. The molecule has 11 aromatic carbocycles. The van der Waals surface area contributed by atoms with Crippen molar-refractivity contribution in [2.45, 2.75) is 27.7 Å². The van der Waals surface area contributed by atoms with Crippen LogP contribution in [0.25, 0.3) is 120 Å². The van der Waals surface area contributed by atoms with Gasteiger partial charge in [-0.25, -0.2) is 0 Å². The van der Waals surface area contributed by atoms with E-state index in [9.17, 15) is 0 Å². The van der Waals surface area contributed by atoms with Gasteiger partial charge in [-0.1, -0.05) is 158 Å². The molecule has 0 atom stereocenters. The number of aromatic nitrogens is 2. The highest BCUT2D eigenvalue weighted by Gasteiger charge is 2.25. The van der Waals surface area contributed by atoms with Crippen molar-refractivity contribution in [3.63, 3.8) is 0 Å². The van der Waals surface area contributed by atoms with Crippen LogP contribution in [-0.2, 0) is 0 Å². The largest absolute Gasteiger partial charge is 0.313 e. The lowest BCUT2D eigenvalue weighted by Gasteiger charge is -2.20. The lowest BCUT2D eigenvalue weighted by Crippen LogP contribution is -2.00. The van der Waals surface area contributed by atoms with Crippen LogP contribution in [0.5, 0.6) is 0 Å². The third-order valence-corrected chi connectivity index (χ3v) is 14.5. The van der Waals surface area contributed by atoms with Gasteiger partial charge in [-0.05, 0) is 151 Å². The fourth-order valence-electron chi connectivity index (χ4n) is 11.2. The Balaban J connectivity index is 1.21. The van der Waals surface area contributed by atoms with Crippen molar-refractivity contribution >= 4 is 86.4 Å². The van der Waals surface area contributed by atoms with Gasteiger partial charge in [0.1, 0.15) is 0 Å². The summed E-state index contributed by atoms with van der Waals surface area (Å²) in [5.74, 6) is 0. The van der Waals surface area contributed by atoms with Crippen LogP contribution >= 0.6 is 0 Å². The van der Waals surface area contributed by atoms with E-state index in [4.69, 9.17) is 0 Å². The van der Waals surface area contributed by atoms with Gasteiger partial charge in [0, 0.05) is 32.9 Å². The Labute approximate surface area is 371 Å². The summed E-state index contributed by atoms with van der Waals surface area (Å²) < 4.78 is 5.06. The average Bonchev–Trinajstić information content (AvgIpc) is 3.73. The van der Waals surface area contributed by atoms with Crippen LogP contribution in [0.15, 0.2) is 194 Å². The van der Waals surface area contributed by atoms with Gasteiger partial charge in [-0.15, -0.1) is 0 Å². The molecule has 0 amide bonds. The molecule has 64 heavy (non-hydrogen) atoms. The summed E-state index contributed by atoms with van der Waals surface area (Å²) in [6.07, 6.45) is 0. The molecule has 0 radical (unpaired) electrons. The van der Waals surface area contributed by atoms with E-state index in [1.54, 1.807) is 0 Å². The molecule has 0 unspecified atom stereocenters. The summed E-state index contributed by atoms with van der Waals surface area (Å²) >= 11 is 0. The minimum atomic E-state index is 1.21. The lowest BCUT2D eigenvalue weighted by molar-refractivity contribution is 1.05. The van der Waals surface area contributed by atoms with E-state index < -0.39 is 0 Å². The SMILES string of the molecule is Cc1c(C)n(-c2cc3ccccc3c3ccccc23)c2cc3c(-c4ccccc4)c4cc5c(C)c(C)n(-c6cc7ccccc7c7ccccc67)c5cc4c(-c4ccccc4)c3cc12. The molecule has 0 saturated carbocycles. The van der Waals surface area contributed by atoms with Gasteiger partial charge in [0.05, 0.1) is 22.4 Å². The van der Waals surface area contributed by atoms with Crippen LogP contribution in [0.1, 0.15) is 22.5 Å². The van der Waals surface area contributed by atoms with Crippen molar-refractivity contribution in [2.24, 2.45) is 0 Å². The van der Waals surface area contributed by atoms with Gasteiger partial charge in [-0.3, -0.25) is 0 Å². The standard InChI is InChI=1S/C62H44N2/c1-37-39(3)63(57-31-43-23-11-13-25-45(43)47-27-15-17-29-49(47)57)59-35-55-53(33-51(37)59)61(41-19-7-5-8-20-41)56-36-60-52(34-54(56)62(55)42-21-9-6-10-22-42)38(2)40(4)64(60)58-32-44-24-12-14-26-46(44)48-28-16-18-30-50(48)58/h5-36H,1-4H3. The van der Waals surface area contributed by atoms with E-state index in [0.29, 0.717) is 0 Å². The Kier molecular flexibility index (Phi) is 7.90. The van der Waals surface area contributed by atoms with E-state index in [1.165, 1.54) is 143 Å².